The van der Waals surface area contributed by atoms with Crippen LogP contribution in [0.15, 0.2) is 18.2 Å². The third-order valence-corrected chi connectivity index (χ3v) is 3.77. The molecule has 0 saturated heterocycles. The number of esters is 1. The highest BCUT2D eigenvalue weighted by molar-refractivity contribution is 14.1. The molecule has 1 aromatic carbocycles. The van der Waals surface area contributed by atoms with Crippen LogP contribution in [0.5, 0.6) is 0 Å². The number of benzene rings is 1. The Bertz CT molecular complexity index is 555. The maximum Gasteiger partial charge on any atom is 0.326 e. The number of methoxy groups -OCH3 is 1. The molecule has 0 saturated carbocycles. The van der Waals surface area contributed by atoms with Crippen LogP contribution in [0.25, 0.3) is 0 Å². The number of carbonyl (C=O) groups is 3. The molecule has 1 aliphatic heterocycles. The highest BCUT2D eigenvalue weighted by Crippen LogP contribution is 2.33. The average Bonchev–Trinajstić information content (AvgIpc) is 2.35. The van der Waals surface area contributed by atoms with Crippen molar-refractivity contribution in [1.82, 2.24) is 0 Å². The molecule has 1 amide bonds. The molecule has 0 fully saturated rings. The van der Waals surface area contributed by atoms with E-state index in [1.54, 1.807) is 25.2 Å². The van der Waals surface area contributed by atoms with Gasteiger partial charge in [0.2, 0.25) is 5.91 Å². The average molecular weight is 359 g/mol. The first-order valence-electron chi connectivity index (χ1n) is 5.17. The third-order valence-electron chi connectivity index (χ3n) is 2.88. The number of hydrogen-bond donors (Lipinski definition) is 0. The van der Waals surface area contributed by atoms with Crippen LogP contribution in [0.3, 0.4) is 0 Å². The summed E-state index contributed by atoms with van der Waals surface area (Å²) in [6, 6.07) is 5.20. The van der Waals surface area contributed by atoms with Gasteiger partial charge in [0.15, 0.2) is 11.7 Å². The minimum atomic E-state index is -1.39. The molecule has 1 aromatic rings. The van der Waals surface area contributed by atoms with Gasteiger partial charge in [-0.1, -0.05) is 6.07 Å². The largest absolute Gasteiger partial charge is 0.468 e. The lowest BCUT2D eigenvalue weighted by Crippen LogP contribution is -2.46. The van der Waals surface area contributed by atoms with Crippen molar-refractivity contribution in [1.29, 1.82) is 0 Å². The van der Waals surface area contributed by atoms with E-state index in [0.29, 0.717) is 14.8 Å². The Labute approximate surface area is 117 Å². The van der Waals surface area contributed by atoms with E-state index in [2.05, 4.69) is 4.74 Å². The molecule has 18 heavy (non-hydrogen) atoms. The Morgan fingerprint density at radius 2 is 2.06 bits per heavy atom. The maximum absolute atomic E-state index is 12.2. The number of Topliss-reactive ketones (excluding diaryl/α,β-unsaturated/α-hetero) is 1. The highest BCUT2D eigenvalue weighted by Gasteiger charge is 2.44. The van der Waals surface area contributed by atoms with Crippen LogP contribution < -0.4 is 4.90 Å². The lowest BCUT2D eigenvalue weighted by molar-refractivity contribution is -0.147. The zero-order valence-electron chi connectivity index (χ0n) is 9.77. The summed E-state index contributed by atoms with van der Waals surface area (Å²) in [5.74, 6) is -3.25. The van der Waals surface area contributed by atoms with E-state index in [0.717, 1.165) is 7.11 Å². The van der Waals surface area contributed by atoms with E-state index in [4.69, 9.17) is 0 Å². The van der Waals surface area contributed by atoms with Crippen LogP contribution >= 0.6 is 22.6 Å². The summed E-state index contributed by atoms with van der Waals surface area (Å²) in [6.45, 7) is 0. The molecular formula is C12H10INO4. The molecule has 0 spiro atoms. The summed E-state index contributed by atoms with van der Waals surface area (Å²) < 4.78 is 5.24. The molecule has 0 bridgehead atoms. The molecule has 5 nitrogen and oxygen atoms in total. The van der Waals surface area contributed by atoms with Gasteiger partial charge in [0.25, 0.3) is 0 Å². The van der Waals surface area contributed by atoms with Gasteiger partial charge >= 0.3 is 5.97 Å². The molecule has 0 aliphatic carbocycles. The molecular weight excluding hydrogens is 349 g/mol. The Morgan fingerprint density at radius 1 is 1.39 bits per heavy atom. The zero-order chi connectivity index (χ0) is 13.4. The Hall–Kier alpha value is -1.44. The second-order valence-corrected chi connectivity index (χ2v) is 5.01. The second kappa shape index (κ2) is 4.68. The molecule has 1 unspecified atom stereocenters. The Morgan fingerprint density at radius 3 is 2.67 bits per heavy atom. The number of halogens is 1. The van der Waals surface area contributed by atoms with E-state index < -0.39 is 23.6 Å². The van der Waals surface area contributed by atoms with Gasteiger partial charge in [0, 0.05) is 10.6 Å². The molecule has 94 valence electrons. The van der Waals surface area contributed by atoms with E-state index in [9.17, 15) is 14.4 Å². The van der Waals surface area contributed by atoms with Crippen molar-refractivity contribution in [2.75, 3.05) is 19.1 Å². The van der Waals surface area contributed by atoms with Crippen LogP contribution in [-0.2, 0) is 14.3 Å². The fourth-order valence-corrected chi connectivity index (χ4v) is 2.68. The molecule has 1 heterocycles. The number of nitrogens with zero attached hydrogens (tertiary/aromatic N) is 1. The lowest BCUT2D eigenvalue weighted by Gasteiger charge is -2.29. The molecule has 1 aliphatic rings. The maximum atomic E-state index is 12.2. The van der Waals surface area contributed by atoms with E-state index >= 15 is 0 Å². The van der Waals surface area contributed by atoms with Crippen molar-refractivity contribution >= 4 is 45.9 Å². The fourth-order valence-electron chi connectivity index (χ4n) is 1.93. The number of ketones is 1. The van der Waals surface area contributed by atoms with Crippen LogP contribution in [0.2, 0.25) is 0 Å². The minimum Gasteiger partial charge on any atom is -0.468 e. The topological polar surface area (TPSA) is 63.7 Å². The van der Waals surface area contributed by atoms with Gasteiger partial charge in [-0.2, -0.15) is 0 Å². The summed E-state index contributed by atoms with van der Waals surface area (Å²) in [5.41, 5.74) is 0.924. The Kier molecular flexibility index (Phi) is 3.38. The third kappa shape index (κ3) is 1.80. The van der Waals surface area contributed by atoms with Crippen molar-refractivity contribution in [3.63, 3.8) is 0 Å². The molecule has 0 aromatic heterocycles. The number of rotatable bonds is 1. The van der Waals surface area contributed by atoms with Crippen LogP contribution in [0.1, 0.15) is 10.4 Å². The van der Waals surface area contributed by atoms with Crippen molar-refractivity contribution in [2.45, 2.75) is 0 Å². The van der Waals surface area contributed by atoms with Crippen LogP contribution in [0, 0.1) is 9.49 Å². The Balaban J connectivity index is 2.62. The first-order valence-corrected chi connectivity index (χ1v) is 6.25. The predicted molar refractivity (Wildman–Crippen MR) is 72.4 cm³/mol. The quantitative estimate of drug-likeness (QED) is 0.430. The van der Waals surface area contributed by atoms with Crippen molar-refractivity contribution in [2.24, 2.45) is 5.92 Å². The van der Waals surface area contributed by atoms with E-state index in [1.807, 2.05) is 22.6 Å². The zero-order valence-corrected chi connectivity index (χ0v) is 11.9. The van der Waals surface area contributed by atoms with Gasteiger partial charge in [-0.05, 0) is 34.7 Å². The van der Waals surface area contributed by atoms with Gasteiger partial charge in [-0.25, -0.2) is 0 Å². The molecule has 0 radical (unpaired) electrons. The van der Waals surface area contributed by atoms with E-state index in [1.165, 1.54) is 4.90 Å². The summed E-state index contributed by atoms with van der Waals surface area (Å²) in [5, 5.41) is 0. The van der Waals surface area contributed by atoms with Crippen molar-refractivity contribution < 1.29 is 19.1 Å². The number of ether oxygens (including phenoxy) is 1. The van der Waals surface area contributed by atoms with Crippen molar-refractivity contribution in [3.8, 4) is 0 Å². The summed E-state index contributed by atoms with van der Waals surface area (Å²) in [4.78, 5) is 37.1. The minimum absolute atomic E-state index is 0.399. The number of anilines is 1. The highest BCUT2D eigenvalue weighted by atomic mass is 127. The molecule has 1 atom stereocenters. The van der Waals surface area contributed by atoms with Gasteiger partial charge in [-0.15, -0.1) is 0 Å². The number of fused-ring (bicyclic) bond motifs is 1. The predicted octanol–water partition coefficient (Wildman–Crippen LogP) is 1.24. The standard InChI is InChI=1S/C12H10INO4/c1-14-7-5-3-4-6(13)8(7)10(15)9(11(14)16)12(17)18-2/h3-5,9H,1-2H3. The monoisotopic (exact) mass is 359 g/mol. The second-order valence-electron chi connectivity index (χ2n) is 3.85. The molecule has 2 rings (SSSR count). The first-order chi connectivity index (χ1) is 8.49. The number of amides is 1. The summed E-state index contributed by atoms with van der Waals surface area (Å²) in [6.07, 6.45) is 0. The van der Waals surface area contributed by atoms with Crippen LogP contribution in [-0.4, -0.2) is 31.8 Å². The summed E-state index contributed by atoms with van der Waals surface area (Å²) >= 11 is 2.01. The molecule has 0 N–H and O–H groups in total. The van der Waals surface area contributed by atoms with Crippen LogP contribution in [0.4, 0.5) is 5.69 Å². The summed E-state index contributed by atoms with van der Waals surface area (Å²) in [7, 11) is 2.70. The SMILES string of the molecule is COC(=O)C1C(=O)c2c(I)cccc2N(C)C1=O. The first kappa shape index (κ1) is 13.0. The number of hydrogen-bond acceptors (Lipinski definition) is 4. The van der Waals surface area contributed by atoms with Gasteiger partial charge in [0.1, 0.15) is 0 Å². The molecule has 6 heteroatoms. The number of carbonyl (C=O) groups excluding carboxylic acids is 3. The van der Waals surface area contributed by atoms with E-state index in [-0.39, 0.29) is 0 Å². The fraction of sp³-hybridized carbons (Fsp3) is 0.250. The smallest absolute Gasteiger partial charge is 0.326 e. The lowest BCUT2D eigenvalue weighted by atomic mass is 9.90. The van der Waals surface area contributed by atoms with Gasteiger partial charge in [-0.3, -0.25) is 14.4 Å². The van der Waals surface area contributed by atoms with Gasteiger partial charge < -0.3 is 9.64 Å². The van der Waals surface area contributed by atoms with Gasteiger partial charge in [0.05, 0.1) is 18.4 Å². The van der Waals surface area contributed by atoms with Crippen molar-refractivity contribution in [3.05, 3.63) is 27.3 Å². The normalized spacial score (nSPS) is 18.6.